The predicted octanol–water partition coefficient (Wildman–Crippen LogP) is -5.86. The summed E-state index contributed by atoms with van der Waals surface area (Å²) in [4.78, 5) is 0. The van der Waals surface area contributed by atoms with Crippen molar-refractivity contribution in [3.63, 3.8) is 0 Å². The fraction of sp³-hybridized carbons (Fsp3) is 0.556. The zero-order valence-electron chi connectivity index (χ0n) is 8.02. The van der Waals surface area contributed by atoms with Crippen molar-refractivity contribution in [2.75, 3.05) is 0 Å². The molecule has 0 atom stereocenters. The average molecular weight is 280 g/mol. The van der Waals surface area contributed by atoms with Gasteiger partial charge in [-0.05, 0) is 0 Å². The summed E-state index contributed by atoms with van der Waals surface area (Å²) in [6, 6.07) is 0. The molecule has 0 amide bonds. The molecule has 0 nitrogen and oxygen atoms in total. The maximum absolute atomic E-state index is 2.33. The fourth-order valence-corrected chi connectivity index (χ4v) is 2.85. The van der Waals surface area contributed by atoms with Crippen LogP contribution < -0.4 is 37.2 Å². The molecule has 0 aromatic carbocycles. The molecule has 0 aliphatic heterocycles. The quantitative estimate of drug-likeness (QED) is 0.449. The van der Waals surface area contributed by atoms with Gasteiger partial charge in [0.25, 0.3) is 0 Å². The molecule has 0 fully saturated rings. The van der Waals surface area contributed by atoms with Crippen LogP contribution in [-0.4, -0.2) is 0 Å². The van der Waals surface area contributed by atoms with Crippen molar-refractivity contribution in [2.24, 2.45) is 0 Å². The second kappa shape index (κ2) is 8.26. The molecule has 1 rings (SSSR count). The van der Waals surface area contributed by atoms with Gasteiger partial charge in [-0.2, -0.15) is 0 Å². The van der Waals surface area contributed by atoms with Gasteiger partial charge in [0.2, 0.25) is 0 Å². The summed E-state index contributed by atoms with van der Waals surface area (Å²) in [5.74, 6) is 0. The Morgan fingerprint density at radius 3 is 2.00 bits per heavy atom. The largest absolute Gasteiger partial charge is 1.00 e. The Labute approximate surface area is 107 Å². The summed E-state index contributed by atoms with van der Waals surface area (Å²) in [5, 5.41) is 0. The number of hydrogen-bond acceptors (Lipinski definition) is 0. The molecule has 0 saturated carbocycles. The van der Waals surface area contributed by atoms with Gasteiger partial charge >= 0.3 is 70.1 Å². The van der Waals surface area contributed by atoms with E-state index in [1.807, 2.05) is 0 Å². The smallest absolute Gasteiger partial charge is 1.00 e. The molecule has 1 aliphatic rings. The van der Waals surface area contributed by atoms with Gasteiger partial charge in [0.1, 0.15) is 0 Å². The van der Waals surface area contributed by atoms with Crippen LogP contribution in [0, 0.1) is 0 Å². The first kappa shape index (κ1) is 19.5. The van der Waals surface area contributed by atoms with Gasteiger partial charge in [0.15, 0.2) is 0 Å². The number of allylic oxidation sites excluding steroid dienone is 4. The van der Waals surface area contributed by atoms with Gasteiger partial charge in [-0.1, -0.05) is 0 Å². The van der Waals surface area contributed by atoms with Crippen LogP contribution in [0.15, 0.2) is 22.5 Å². The second-order valence-corrected chi connectivity index (χ2v) is 6.91. The molecule has 0 unspecified atom stereocenters. The molecular weight excluding hydrogens is 265 g/mol. The Kier molecular flexibility index (Phi) is 12.4. The summed E-state index contributed by atoms with van der Waals surface area (Å²) in [6.45, 7) is 6.98. The first-order chi connectivity index (χ1) is 4.58. The Bertz CT molecular complexity index is 180. The summed E-state index contributed by atoms with van der Waals surface area (Å²) in [6.07, 6.45) is 7.93. The number of halogens is 3. The standard InChI is InChI=1S/C5H5.C4H9.3ClH.V/c1-2-4-5-3-1;1-4(2)3;;;;/h1-3H,4H2;1-3H3;3*1H;/q;;;;;+3/p-3. The van der Waals surface area contributed by atoms with Gasteiger partial charge in [0.05, 0.1) is 0 Å². The predicted molar refractivity (Wildman–Crippen MR) is 41.6 cm³/mol. The SMILES string of the molecule is C[C](C)(C)[V+3][C]1=CC=CC1.[Cl-].[Cl-].[Cl-]. The molecule has 4 heteroatoms. The van der Waals surface area contributed by atoms with Crippen molar-refractivity contribution >= 4 is 0 Å². The molecular formula is C9H14Cl3V. The monoisotopic (exact) mass is 278 g/mol. The molecule has 0 aromatic heterocycles. The van der Waals surface area contributed by atoms with Crippen LogP contribution in [0.3, 0.4) is 0 Å². The van der Waals surface area contributed by atoms with E-state index in [0.29, 0.717) is 20.4 Å². The minimum absolute atomic E-state index is 0. The molecule has 1 aliphatic carbocycles. The van der Waals surface area contributed by atoms with E-state index in [4.69, 9.17) is 0 Å². The molecule has 0 bridgehead atoms. The van der Waals surface area contributed by atoms with E-state index in [9.17, 15) is 0 Å². The topological polar surface area (TPSA) is 0 Å². The van der Waals surface area contributed by atoms with Crippen LogP contribution in [0.5, 0.6) is 0 Å². The molecule has 0 radical (unpaired) electrons. The maximum atomic E-state index is 2.33. The first-order valence-corrected chi connectivity index (χ1v) is 5.06. The maximum Gasteiger partial charge on any atom is -1.00 e. The van der Waals surface area contributed by atoms with Gasteiger partial charge in [-0.3, -0.25) is 0 Å². The summed E-state index contributed by atoms with van der Waals surface area (Å²) in [7, 11) is 0. The van der Waals surface area contributed by atoms with Gasteiger partial charge < -0.3 is 37.2 Å². The number of rotatable bonds is 1. The van der Waals surface area contributed by atoms with E-state index in [-0.39, 0.29) is 37.2 Å². The van der Waals surface area contributed by atoms with E-state index >= 15 is 0 Å². The molecule has 0 N–H and O–H groups in total. The molecule has 0 heterocycles. The van der Waals surface area contributed by atoms with Crippen LogP contribution in [0.1, 0.15) is 27.2 Å². The van der Waals surface area contributed by atoms with Crippen LogP contribution in [-0.2, 0) is 16.3 Å². The third-order valence-corrected chi connectivity index (χ3v) is 3.24. The third-order valence-electron chi connectivity index (χ3n) is 1.23. The van der Waals surface area contributed by atoms with E-state index in [1.54, 1.807) is 4.28 Å². The Morgan fingerprint density at radius 2 is 1.69 bits per heavy atom. The van der Waals surface area contributed by atoms with Crippen molar-refractivity contribution in [3.05, 3.63) is 22.5 Å². The zero-order valence-corrected chi connectivity index (χ0v) is 11.7. The van der Waals surface area contributed by atoms with Crippen molar-refractivity contribution in [1.82, 2.24) is 0 Å². The second-order valence-electron chi connectivity index (χ2n) is 3.57. The van der Waals surface area contributed by atoms with Crippen LogP contribution in [0.4, 0.5) is 0 Å². The molecule has 76 valence electrons. The van der Waals surface area contributed by atoms with Gasteiger partial charge in [0, 0.05) is 0 Å². The molecule has 0 spiro atoms. The fourth-order valence-electron chi connectivity index (χ4n) is 0.950. The Hall–Kier alpha value is 0.934. The van der Waals surface area contributed by atoms with Crippen molar-refractivity contribution in [2.45, 2.75) is 31.3 Å². The average Bonchev–Trinajstić information content (AvgIpc) is 2.12. The Morgan fingerprint density at radius 1 is 1.15 bits per heavy atom. The summed E-state index contributed by atoms with van der Waals surface area (Å²) < 4.78 is 2.22. The van der Waals surface area contributed by atoms with Crippen LogP contribution in [0.2, 0.25) is 4.13 Å². The minimum atomic E-state index is 0. The van der Waals surface area contributed by atoms with E-state index in [0.717, 1.165) is 0 Å². The molecule has 0 saturated heterocycles. The Balaban J connectivity index is -0.000000333. The summed E-state index contributed by atoms with van der Waals surface area (Å²) in [5.41, 5.74) is 0. The van der Waals surface area contributed by atoms with Gasteiger partial charge in [-0.25, -0.2) is 0 Å². The van der Waals surface area contributed by atoms with Crippen molar-refractivity contribution < 1.29 is 53.5 Å². The van der Waals surface area contributed by atoms with E-state index in [1.165, 1.54) is 6.42 Å². The molecule has 0 aromatic rings. The normalized spacial score (nSPS) is 13.0. The minimum Gasteiger partial charge on any atom is -1.00 e. The molecule has 13 heavy (non-hydrogen) atoms. The van der Waals surface area contributed by atoms with Crippen LogP contribution in [0.25, 0.3) is 0 Å². The van der Waals surface area contributed by atoms with Crippen molar-refractivity contribution in [3.8, 4) is 0 Å². The zero-order chi connectivity index (χ0) is 7.61. The van der Waals surface area contributed by atoms with Gasteiger partial charge in [-0.15, -0.1) is 0 Å². The first-order valence-electron chi connectivity index (χ1n) is 3.66. The number of hydrogen-bond donors (Lipinski definition) is 0. The van der Waals surface area contributed by atoms with Crippen LogP contribution >= 0.6 is 0 Å². The van der Waals surface area contributed by atoms with E-state index in [2.05, 4.69) is 39.0 Å². The summed E-state index contributed by atoms with van der Waals surface area (Å²) >= 11 is 0.418. The van der Waals surface area contributed by atoms with Crippen molar-refractivity contribution in [1.29, 1.82) is 0 Å². The third kappa shape index (κ3) is 9.24. The van der Waals surface area contributed by atoms with E-state index < -0.39 is 0 Å².